The summed E-state index contributed by atoms with van der Waals surface area (Å²) in [5.41, 5.74) is 3.58. The maximum Gasteiger partial charge on any atom is 0.339 e. The molecule has 0 spiro atoms. The van der Waals surface area contributed by atoms with Crippen LogP contribution in [-0.2, 0) is 10.1 Å². The number of hydrogen-bond donors (Lipinski definition) is 0. The Balaban J connectivity index is 1.87. The van der Waals surface area contributed by atoms with Crippen LogP contribution in [0.25, 0.3) is 0 Å². The number of carbonyl (C=O) groups is 1. The van der Waals surface area contributed by atoms with Crippen LogP contribution in [0.15, 0.2) is 84.9 Å². The van der Waals surface area contributed by atoms with Crippen LogP contribution >= 0.6 is 15.9 Å². The van der Waals surface area contributed by atoms with Crippen molar-refractivity contribution in [3.8, 4) is 0 Å². The molecule has 0 aliphatic rings. The van der Waals surface area contributed by atoms with Crippen LogP contribution < -0.4 is 0 Å². The fraction of sp³-hybridized carbons (Fsp3) is 0.0952. The minimum absolute atomic E-state index is 0.325. The van der Waals surface area contributed by atoms with Gasteiger partial charge in [0.1, 0.15) is 0 Å². The van der Waals surface area contributed by atoms with E-state index in [1.165, 1.54) is 0 Å². The summed E-state index contributed by atoms with van der Waals surface area (Å²) in [6, 6.07) is 27.0. The summed E-state index contributed by atoms with van der Waals surface area (Å²) >= 11 is 3.40. The Labute approximate surface area is 150 Å². The van der Waals surface area contributed by atoms with Gasteiger partial charge in [-0.15, -0.1) is 0 Å². The van der Waals surface area contributed by atoms with E-state index in [1.807, 2.05) is 72.8 Å². The SMILES string of the molecule is O=C(OC(c1ccccc1)c1ccccc1)c1ccc(CBr)cc1. The highest BCUT2D eigenvalue weighted by Crippen LogP contribution is 2.27. The molecule has 0 atom stereocenters. The molecule has 0 saturated carbocycles. The Bertz CT molecular complexity index is 744. The second kappa shape index (κ2) is 7.93. The summed E-state index contributed by atoms with van der Waals surface area (Å²) in [5.74, 6) is -0.325. The maximum atomic E-state index is 12.6. The third kappa shape index (κ3) is 3.92. The summed E-state index contributed by atoms with van der Waals surface area (Å²) < 4.78 is 5.83. The number of alkyl halides is 1. The van der Waals surface area contributed by atoms with Crippen molar-refractivity contribution < 1.29 is 9.53 Å². The highest BCUT2D eigenvalue weighted by molar-refractivity contribution is 9.08. The van der Waals surface area contributed by atoms with Crippen LogP contribution in [0.5, 0.6) is 0 Å². The molecule has 0 fully saturated rings. The molecule has 3 aromatic rings. The highest BCUT2D eigenvalue weighted by Gasteiger charge is 2.19. The smallest absolute Gasteiger partial charge is 0.339 e. The standard InChI is InChI=1S/C21H17BrO2/c22-15-16-11-13-19(14-12-16)21(23)24-20(17-7-3-1-4-8-17)18-9-5-2-6-10-18/h1-14,20H,15H2. The zero-order valence-corrected chi connectivity index (χ0v) is 14.6. The molecule has 3 aromatic carbocycles. The van der Waals surface area contributed by atoms with Crippen LogP contribution in [0.4, 0.5) is 0 Å². The van der Waals surface area contributed by atoms with E-state index in [4.69, 9.17) is 4.74 Å². The lowest BCUT2D eigenvalue weighted by Gasteiger charge is -2.19. The van der Waals surface area contributed by atoms with Gasteiger partial charge in [0.25, 0.3) is 0 Å². The van der Waals surface area contributed by atoms with Crippen molar-refractivity contribution in [3.63, 3.8) is 0 Å². The number of ether oxygens (including phenoxy) is 1. The Morgan fingerprint density at radius 3 is 1.75 bits per heavy atom. The lowest BCUT2D eigenvalue weighted by atomic mass is 10.0. The normalized spacial score (nSPS) is 10.6. The minimum atomic E-state index is -0.421. The van der Waals surface area contributed by atoms with Gasteiger partial charge in [-0.25, -0.2) is 4.79 Å². The van der Waals surface area contributed by atoms with Gasteiger partial charge in [0.15, 0.2) is 6.10 Å². The fourth-order valence-electron chi connectivity index (χ4n) is 2.49. The maximum absolute atomic E-state index is 12.6. The first kappa shape index (κ1) is 16.5. The molecule has 120 valence electrons. The first-order valence-electron chi connectivity index (χ1n) is 7.73. The average Bonchev–Trinajstić information content (AvgIpc) is 2.67. The molecule has 0 aliphatic carbocycles. The molecule has 0 amide bonds. The molecule has 3 rings (SSSR count). The van der Waals surface area contributed by atoms with Gasteiger partial charge in [-0.3, -0.25) is 0 Å². The van der Waals surface area contributed by atoms with E-state index in [2.05, 4.69) is 15.9 Å². The number of hydrogen-bond acceptors (Lipinski definition) is 2. The van der Waals surface area contributed by atoms with E-state index in [-0.39, 0.29) is 5.97 Å². The van der Waals surface area contributed by atoms with Gasteiger partial charge in [-0.2, -0.15) is 0 Å². The fourth-order valence-corrected chi connectivity index (χ4v) is 2.86. The Morgan fingerprint density at radius 1 is 0.792 bits per heavy atom. The van der Waals surface area contributed by atoms with Crippen LogP contribution in [0.1, 0.15) is 33.2 Å². The molecule has 0 heterocycles. The van der Waals surface area contributed by atoms with Crippen molar-refractivity contribution in [1.29, 1.82) is 0 Å². The van der Waals surface area contributed by atoms with Gasteiger partial charge in [-0.05, 0) is 28.8 Å². The van der Waals surface area contributed by atoms with Crippen LogP contribution in [0.2, 0.25) is 0 Å². The van der Waals surface area contributed by atoms with Crippen LogP contribution in [-0.4, -0.2) is 5.97 Å². The van der Waals surface area contributed by atoms with Crippen LogP contribution in [0.3, 0.4) is 0 Å². The molecule has 0 radical (unpaired) electrons. The minimum Gasteiger partial charge on any atom is -0.449 e. The zero-order chi connectivity index (χ0) is 16.8. The van der Waals surface area contributed by atoms with Crippen molar-refractivity contribution in [1.82, 2.24) is 0 Å². The van der Waals surface area contributed by atoms with Crippen LogP contribution in [0, 0.1) is 0 Å². The zero-order valence-electron chi connectivity index (χ0n) is 13.1. The van der Waals surface area contributed by atoms with E-state index in [0.717, 1.165) is 22.0 Å². The van der Waals surface area contributed by atoms with E-state index < -0.39 is 6.10 Å². The molecule has 0 bridgehead atoms. The highest BCUT2D eigenvalue weighted by atomic mass is 79.9. The van der Waals surface area contributed by atoms with E-state index in [0.29, 0.717) is 5.56 Å². The molecule has 24 heavy (non-hydrogen) atoms. The molecule has 2 nitrogen and oxygen atoms in total. The second-order valence-corrected chi connectivity index (χ2v) is 6.00. The third-order valence-corrected chi connectivity index (χ3v) is 4.42. The topological polar surface area (TPSA) is 26.3 Å². The lowest BCUT2D eigenvalue weighted by Crippen LogP contribution is -2.13. The summed E-state index contributed by atoms with van der Waals surface area (Å²) in [7, 11) is 0. The lowest BCUT2D eigenvalue weighted by molar-refractivity contribution is 0.0378. The number of esters is 1. The van der Waals surface area contributed by atoms with Crippen molar-refractivity contribution in [2.24, 2.45) is 0 Å². The second-order valence-electron chi connectivity index (χ2n) is 5.44. The number of rotatable bonds is 5. The van der Waals surface area contributed by atoms with Gasteiger partial charge < -0.3 is 4.74 Å². The van der Waals surface area contributed by atoms with Crippen molar-refractivity contribution in [2.75, 3.05) is 0 Å². The molecule has 0 unspecified atom stereocenters. The van der Waals surface area contributed by atoms with E-state index >= 15 is 0 Å². The molecule has 0 saturated heterocycles. The van der Waals surface area contributed by atoms with Crippen molar-refractivity contribution >= 4 is 21.9 Å². The average molecular weight is 381 g/mol. The Hall–Kier alpha value is -2.39. The molecule has 0 aliphatic heterocycles. The van der Waals surface area contributed by atoms with Gasteiger partial charge in [0.05, 0.1) is 5.56 Å². The summed E-state index contributed by atoms with van der Waals surface area (Å²) in [6.45, 7) is 0. The Morgan fingerprint density at radius 2 is 1.29 bits per heavy atom. The first-order valence-corrected chi connectivity index (χ1v) is 8.86. The first-order chi connectivity index (χ1) is 11.8. The predicted octanol–water partition coefficient (Wildman–Crippen LogP) is 5.53. The molecule has 3 heteroatoms. The van der Waals surface area contributed by atoms with Gasteiger partial charge in [-0.1, -0.05) is 88.7 Å². The molecular formula is C21H17BrO2. The number of carbonyl (C=O) groups excluding carboxylic acids is 1. The monoisotopic (exact) mass is 380 g/mol. The summed E-state index contributed by atoms with van der Waals surface area (Å²) in [4.78, 5) is 12.6. The molecular weight excluding hydrogens is 364 g/mol. The largest absolute Gasteiger partial charge is 0.449 e. The van der Waals surface area contributed by atoms with Gasteiger partial charge in [0, 0.05) is 5.33 Å². The van der Waals surface area contributed by atoms with Crippen molar-refractivity contribution in [2.45, 2.75) is 11.4 Å². The molecule has 0 N–H and O–H groups in total. The van der Waals surface area contributed by atoms with Gasteiger partial charge >= 0.3 is 5.97 Å². The molecule has 0 aromatic heterocycles. The summed E-state index contributed by atoms with van der Waals surface area (Å²) in [6.07, 6.45) is -0.421. The Kier molecular flexibility index (Phi) is 5.44. The van der Waals surface area contributed by atoms with E-state index in [9.17, 15) is 4.79 Å². The predicted molar refractivity (Wildman–Crippen MR) is 99.2 cm³/mol. The number of benzene rings is 3. The number of halogens is 1. The quantitative estimate of drug-likeness (QED) is 0.429. The third-order valence-electron chi connectivity index (χ3n) is 3.77. The van der Waals surface area contributed by atoms with Crippen molar-refractivity contribution in [3.05, 3.63) is 107 Å². The van der Waals surface area contributed by atoms with E-state index in [1.54, 1.807) is 12.1 Å². The van der Waals surface area contributed by atoms with Gasteiger partial charge in [0.2, 0.25) is 0 Å². The summed E-state index contributed by atoms with van der Waals surface area (Å²) in [5, 5.41) is 0.763.